The molecule has 122 valence electrons. The van der Waals surface area contributed by atoms with Gasteiger partial charge in [-0.2, -0.15) is 0 Å². The van der Waals surface area contributed by atoms with Gasteiger partial charge in [-0.05, 0) is 36.8 Å². The molecular weight excluding hydrogens is 328 g/mol. The summed E-state index contributed by atoms with van der Waals surface area (Å²) < 4.78 is 1.53. The predicted molar refractivity (Wildman–Crippen MR) is 91.4 cm³/mol. The van der Waals surface area contributed by atoms with Gasteiger partial charge in [-0.1, -0.05) is 41.1 Å². The van der Waals surface area contributed by atoms with E-state index in [4.69, 9.17) is 16.7 Å². The molecule has 7 heteroatoms. The first-order valence-electron chi connectivity index (χ1n) is 7.28. The number of para-hydroxylation sites is 1. The van der Waals surface area contributed by atoms with Crippen LogP contribution in [0, 0.1) is 6.92 Å². The van der Waals surface area contributed by atoms with Crippen molar-refractivity contribution >= 4 is 23.2 Å². The molecule has 0 aliphatic carbocycles. The lowest BCUT2D eigenvalue weighted by Gasteiger charge is -2.07. The Kier molecular flexibility index (Phi) is 4.59. The first-order valence-corrected chi connectivity index (χ1v) is 7.66. The van der Waals surface area contributed by atoms with Crippen molar-refractivity contribution in [2.75, 3.05) is 5.32 Å². The molecule has 0 aliphatic rings. The van der Waals surface area contributed by atoms with Gasteiger partial charge in [0.25, 0.3) is 5.91 Å². The summed E-state index contributed by atoms with van der Waals surface area (Å²) in [5.41, 5.74) is 2.75. The number of benzene rings is 2. The number of nitrogens with zero attached hydrogens (tertiary/aromatic N) is 3. The van der Waals surface area contributed by atoms with Crippen LogP contribution in [0.5, 0.6) is 0 Å². The molecule has 6 nitrogen and oxygen atoms in total. The van der Waals surface area contributed by atoms with Crippen LogP contribution in [0.25, 0.3) is 5.69 Å². The molecule has 0 atom stereocenters. The third-order valence-electron chi connectivity index (χ3n) is 3.56. The fourth-order valence-corrected chi connectivity index (χ4v) is 2.54. The number of anilines is 1. The van der Waals surface area contributed by atoms with E-state index in [1.165, 1.54) is 4.68 Å². The lowest BCUT2D eigenvalue weighted by atomic mass is 10.2. The van der Waals surface area contributed by atoms with Crippen molar-refractivity contribution < 1.29 is 9.90 Å². The smallest absolute Gasteiger partial charge is 0.278 e. The Hall–Kier alpha value is -2.70. The van der Waals surface area contributed by atoms with E-state index in [9.17, 15) is 4.79 Å². The van der Waals surface area contributed by atoms with E-state index < -0.39 is 0 Å². The van der Waals surface area contributed by atoms with E-state index in [1.54, 1.807) is 43.3 Å². The maximum atomic E-state index is 12.4. The average molecular weight is 343 g/mol. The summed E-state index contributed by atoms with van der Waals surface area (Å²) >= 11 is 6.17. The van der Waals surface area contributed by atoms with Crippen molar-refractivity contribution in [3.05, 3.63) is 70.5 Å². The maximum absolute atomic E-state index is 12.4. The molecule has 1 aromatic heterocycles. The SMILES string of the molecule is Cc1c(C(=O)Nc2cccc(CO)c2)nnn1-c1ccccc1Cl. The Morgan fingerprint density at radius 2 is 2.04 bits per heavy atom. The van der Waals surface area contributed by atoms with Gasteiger partial charge in [0.2, 0.25) is 0 Å². The third kappa shape index (κ3) is 3.15. The van der Waals surface area contributed by atoms with Crippen LogP contribution >= 0.6 is 11.6 Å². The molecule has 0 saturated heterocycles. The normalized spacial score (nSPS) is 10.6. The van der Waals surface area contributed by atoms with Crippen molar-refractivity contribution in [1.82, 2.24) is 15.0 Å². The summed E-state index contributed by atoms with van der Waals surface area (Å²) in [6, 6.07) is 14.2. The van der Waals surface area contributed by atoms with Crippen molar-refractivity contribution in [1.29, 1.82) is 0 Å². The molecule has 0 unspecified atom stereocenters. The first kappa shape index (κ1) is 16.2. The Morgan fingerprint density at radius 1 is 1.25 bits per heavy atom. The van der Waals surface area contributed by atoms with E-state index >= 15 is 0 Å². The molecule has 0 radical (unpaired) electrons. The van der Waals surface area contributed by atoms with Gasteiger partial charge in [0.15, 0.2) is 5.69 Å². The molecule has 0 spiro atoms. The highest BCUT2D eigenvalue weighted by Gasteiger charge is 2.18. The number of hydrogen-bond acceptors (Lipinski definition) is 4. The van der Waals surface area contributed by atoms with Crippen LogP contribution in [0.4, 0.5) is 5.69 Å². The molecule has 24 heavy (non-hydrogen) atoms. The molecule has 0 saturated carbocycles. The molecule has 2 N–H and O–H groups in total. The molecule has 0 aliphatic heterocycles. The summed E-state index contributed by atoms with van der Waals surface area (Å²) in [5, 5.41) is 20.4. The van der Waals surface area contributed by atoms with Gasteiger partial charge in [-0.15, -0.1) is 5.10 Å². The number of aliphatic hydroxyl groups excluding tert-OH is 1. The average Bonchev–Trinajstić information content (AvgIpc) is 2.97. The molecular formula is C17H15ClN4O2. The van der Waals surface area contributed by atoms with Gasteiger partial charge in [-0.3, -0.25) is 4.79 Å². The Balaban J connectivity index is 1.88. The second-order valence-electron chi connectivity index (χ2n) is 5.20. The molecule has 1 heterocycles. The van der Waals surface area contributed by atoms with Crippen LogP contribution in [0.1, 0.15) is 21.7 Å². The zero-order valence-corrected chi connectivity index (χ0v) is 13.7. The molecule has 3 aromatic rings. The number of aliphatic hydroxyl groups is 1. The van der Waals surface area contributed by atoms with E-state index in [0.29, 0.717) is 27.7 Å². The van der Waals surface area contributed by atoms with Crippen LogP contribution in [0.15, 0.2) is 48.5 Å². The second kappa shape index (κ2) is 6.82. The van der Waals surface area contributed by atoms with Gasteiger partial charge < -0.3 is 10.4 Å². The minimum absolute atomic E-state index is 0.0918. The quantitative estimate of drug-likeness (QED) is 0.764. The monoisotopic (exact) mass is 342 g/mol. The number of hydrogen-bond donors (Lipinski definition) is 2. The number of carbonyl (C=O) groups excluding carboxylic acids is 1. The van der Waals surface area contributed by atoms with E-state index in [0.717, 1.165) is 0 Å². The van der Waals surface area contributed by atoms with Crippen molar-refractivity contribution in [3.8, 4) is 5.69 Å². The Labute approximate surface area is 143 Å². The second-order valence-corrected chi connectivity index (χ2v) is 5.61. The topological polar surface area (TPSA) is 80.0 Å². The Morgan fingerprint density at radius 3 is 2.79 bits per heavy atom. The number of carbonyl (C=O) groups is 1. The van der Waals surface area contributed by atoms with Crippen LogP contribution in [0.2, 0.25) is 5.02 Å². The highest BCUT2D eigenvalue weighted by atomic mass is 35.5. The number of halogens is 1. The molecule has 3 rings (SSSR count). The summed E-state index contributed by atoms with van der Waals surface area (Å²) in [5.74, 6) is -0.374. The minimum Gasteiger partial charge on any atom is -0.392 e. The Bertz CT molecular complexity index is 892. The summed E-state index contributed by atoms with van der Waals surface area (Å²) in [4.78, 5) is 12.4. The molecule has 2 aromatic carbocycles. The first-order chi connectivity index (χ1) is 11.6. The summed E-state index contributed by atoms with van der Waals surface area (Å²) in [6.07, 6.45) is 0. The molecule has 0 bridgehead atoms. The maximum Gasteiger partial charge on any atom is 0.278 e. The highest BCUT2D eigenvalue weighted by molar-refractivity contribution is 6.32. The third-order valence-corrected chi connectivity index (χ3v) is 3.88. The van der Waals surface area contributed by atoms with Gasteiger partial charge in [0.05, 0.1) is 23.0 Å². The van der Waals surface area contributed by atoms with Crippen LogP contribution in [-0.4, -0.2) is 26.0 Å². The van der Waals surface area contributed by atoms with Crippen LogP contribution in [0.3, 0.4) is 0 Å². The predicted octanol–water partition coefficient (Wildman–Crippen LogP) is 2.97. The van der Waals surface area contributed by atoms with Crippen molar-refractivity contribution in [3.63, 3.8) is 0 Å². The highest BCUT2D eigenvalue weighted by Crippen LogP contribution is 2.21. The fourth-order valence-electron chi connectivity index (χ4n) is 2.33. The van der Waals surface area contributed by atoms with E-state index in [-0.39, 0.29) is 18.2 Å². The molecule has 0 fully saturated rings. The van der Waals surface area contributed by atoms with E-state index in [1.807, 2.05) is 12.1 Å². The number of nitrogens with one attached hydrogen (secondary N) is 1. The minimum atomic E-state index is -0.374. The zero-order valence-electron chi connectivity index (χ0n) is 12.9. The van der Waals surface area contributed by atoms with Crippen LogP contribution in [-0.2, 0) is 6.61 Å². The van der Waals surface area contributed by atoms with Crippen LogP contribution < -0.4 is 5.32 Å². The largest absolute Gasteiger partial charge is 0.392 e. The lowest BCUT2D eigenvalue weighted by Crippen LogP contribution is -2.14. The number of aromatic nitrogens is 3. The van der Waals surface area contributed by atoms with Gasteiger partial charge >= 0.3 is 0 Å². The van der Waals surface area contributed by atoms with Gasteiger partial charge in [-0.25, -0.2) is 4.68 Å². The standard InChI is InChI=1S/C17H15ClN4O2/c1-11-16(17(24)19-13-6-4-5-12(9-13)10-23)20-21-22(11)15-8-3-2-7-14(15)18/h2-9,23H,10H2,1H3,(H,19,24). The zero-order chi connectivity index (χ0) is 17.1. The lowest BCUT2D eigenvalue weighted by molar-refractivity contribution is 0.102. The molecule has 1 amide bonds. The number of rotatable bonds is 4. The van der Waals surface area contributed by atoms with Gasteiger partial charge in [0, 0.05) is 5.69 Å². The van der Waals surface area contributed by atoms with E-state index in [2.05, 4.69) is 15.6 Å². The number of amides is 1. The van der Waals surface area contributed by atoms with Crippen molar-refractivity contribution in [2.45, 2.75) is 13.5 Å². The van der Waals surface area contributed by atoms with Gasteiger partial charge in [0.1, 0.15) is 0 Å². The summed E-state index contributed by atoms with van der Waals surface area (Å²) in [7, 11) is 0. The summed E-state index contributed by atoms with van der Waals surface area (Å²) in [6.45, 7) is 1.66. The van der Waals surface area contributed by atoms with Crippen molar-refractivity contribution in [2.24, 2.45) is 0 Å². The fraction of sp³-hybridized carbons (Fsp3) is 0.118.